The van der Waals surface area contributed by atoms with Gasteiger partial charge in [0, 0.05) is 29.4 Å². The zero-order valence-electron chi connectivity index (χ0n) is 15.2. The van der Waals surface area contributed by atoms with E-state index < -0.39 is 0 Å². The molecule has 0 aliphatic heterocycles. The van der Waals surface area contributed by atoms with Gasteiger partial charge < -0.3 is 0 Å². The Morgan fingerprint density at radius 3 is 2.68 bits per heavy atom. The van der Waals surface area contributed by atoms with Gasteiger partial charge in [-0.15, -0.1) is 0 Å². The van der Waals surface area contributed by atoms with Crippen molar-refractivity contribution >= 4 is 28.4 Å². The number of ketones is 2. The van der Waals surface area contributed by atoms with E-state index >= 15 is 0 Å². The number of rotatable bonds is 1. The second kappa shape index (κ2) is 5.67. The second-order valence-corrected chi connectivity index (χ2v) is 10.2. The van der Waals surface area contributed by atoms with E-state index in [1.807, 2.05) is 0 Å². The molecule has 4 rings (SSSR count). The van der Waals surface area contributed by atoms with E-state index in [1.54, 1.807) is 19.1 Å². The fourth-order valence-electron chi connectivity index (χ4n) is 6.25. The van der Waals surface area contributed by atoms with Gasteiger partial charge in [0.05, 0.1) is 0 Å². The molecule has 3 fully saturated rings. The summed E-state index contributed by atoms with van der Waals surface area (Å²) in [5.41, 5.74) is 0.884. The van der Waals surface area contributed by atoms with E-state index in [-0.39, 0.29) is 27.0 Å². The number of thioether (sulfide) groups is 1. The molecule has 4 aliphatic rings. The van der Waals surface area contributed by atoms with E-state index in [0.29, 0.717) is 30.0 Å². The average Bonchev–Trinajstić information content (AvgIpc) is 2.84. The van der Waals surface area contributed by atoms with Gasteiger partial charge in [-0.25, -0.2) is 0 Å². The van der Waals surface area contributed by atoms with Crippen LogP contribution in [0.3, 0.4) is 0 Å². The number of Topliss-reactive ketones (excluding diaryl/α,β-unsaturated/α-hetero) is 1. The highest BCUT2D eigenvalue weighted by Crippen LogP contribution is 2.65. The number of fused-ring (bicyclic) bond motifs is 5. The van der Waals surface area contributed by atoms with Gasteiger partial charge in [-0.05, 0) is 55.6 Å². The molecule has 4 heteroatoms. The van der Waals surface area contributed by atoms with Crippen LogP contribution >= 0.6 is 11.8 Å². The highest BCUT2D eigenvalue weighted by molar-refractivity contribution is 8.14. The molecule has 3 nitrogen and oxygen atoms in total. The SMILES string of the molecule is CC(=O)S[C@@H]1CC2=CC(=O)C=C[C@]2(C)[C@H]2CC[C@]3(C)C(=O)CC[C@H]3[C@H]12. The summed E-state index contributed by atoms with van der Waals surface area (Å²) in [5, 5.41) is 0.332. The first-order valence-corrected chi connectivity index (χ1v) is 10.3. The molecule has 6 atom stereocenters. The van der Waals surface area contributed by atoms with Crippen LogP contribution in [0.2, 0.25) is 0 Å². The summed E-state index contributed by atoms with van der Waals surface area (Å²) in [4.78, 5) is 36.5. The molecule has 0 radical (unpaired) electrons. The number of hydrogen-bond acceptors (Lipinski definition) is 4. The van der Waals surface area contributed by atoms with Crippen molar-refractivity contribution in [3.05, 3.63) is 23.8 Å². The van der Waals surface area contributed by atoms with Crippen LogP contribution in [0.4, 0.5) is 0 Å². The molecule has 0 heterocycles. The minimum Gasteiger partial charge on any atom is -0.299 e. The highest BCUT2D eigenvalue weighted by Gasteiger charge is 2.61. The average molecular weight is 359 g/mol. The van der Waals surface area contributed by atoms with Crippen molar-refractivity contribution in [2.24, 2.45) is 28.6 Å². The van der Waals surface area contributed by atoms with Gasteiger partial charge in [0.15, 0.2) is 10.9 Å². The van der Waals surface area contributed by atoms with Crippen molar-refractivity contribution in [2.45, 2.75) is 58.1 Å². The molecule has 4 aliphatic carbocycles. The molecule has 0 aromatic rings. The predicted octanol–water partition coefficient (Wildman–Crippen LogP) is 4.12. The lowest BCUT2D eigenvalue weighted by molar-refractivity contribution is -0.131. The summed E-state index contributed by atoms with van der Waals surface area (Å²) in [5.74, 6) is 1.65. The lowest BCUT2D eigenvalue weighted by Gasteiger charge is -2.58. The van der Waals surface area contributed by atoms with Crippen LogP contribution in [0.1, 0.15) is 52.9 Å². The number of carbonyl (C=O) groups is 3. The maximum absolute atomic E-state index is 12.6. The molecule has 0 amide bonds. The standard InChI is InChI=1S/C21H26O3S/c1-12(22)25-17-11-13-10-14(23)6-8-20(13,2)16-7-9-21(3)15(19(16)17)4-5-18(21)24/h6,8,10,15-17,19H,4-5,7,9,11H2,1-3H3/t15-,16-,17+,19-,20-,21-/m0/s1. The van der Waals surface area contributed by atoms with E-state index in [4.69, 9.17) is 0 Å². The molecule has 134 valence electrons. The predicted molar refractivity (Wildman–Crippen MR) is 99.1 cm³/mol. The molecular weight excluding hydrogens is 332 g/mol. The first-order valence-electron chi connectivity index (χ1n) is 9.40. The number of carbonyl (C=O) groups excluding carboxylic acids is 3. The summed E-state index contributed by atoms with van der Waals surface area (Å²) in [7, 11) is 0. The van der Waals surface area contributed by atoms with Crippen molar-refractivity contribution < 1.29 is 14.4 Å². The molecule has 0 aromatic heterocycles. The minimum atomic E-state index is -0.206. The van der Waals surface area contributed by atoms with E-state index in [2.05, 4.69) is 19.9 Å². The molecule has 0 bridgehead atoms. The molecular formula is C21H26O3S. The van der Waals surface area contributed by atoms with Crippen LogP contribution in [-0.4, -0.2) is 21.9 Å². The van der Waals surface area contributed by atoms with Crippen LogP contribution in [0.5, 0.6) is 0 Å². The molecule has 3 saturated carbocycles. The fraction of sp³-hybridized carbons (Fsp3) is 0.667. The molecule has 25 heavy (non-hydrogen) atoms. The highest BCUT2D eigenvalue weighted by atomic mass is 32.2. The van der Waals surface area contributed by atoms with Gasteiger partial charge in [-0.3, -0.25) is 14.4 Å². The van der Waals surface area contributed by atoms with Crippen LogP contribution in [0, 0.1) is 28.6 Å². The molecule has 0 saturated heterocycles. The van der Waals surface area contributed by atoms with Gasteiger partial charge in [0.1, 0.15) is 5.78 Å². The molecule has 0 aromatic carbocycles. The molecule has 0 spiro atoms. The van der Waals surface area contributed by atoms with Crippen LogP contribution in [-0.2, 0) is 14.4 Å². The maximum Gasteiger partial charge on any atom is 0.186 e. The monoisotopic (exact) mass is 358 g/mol. The third-order valence-corrected chi connectivity index (χ3v) is 8.70. The zero-order chi connectivity index (χ0) is 18.0. The van der Waals surface area contributed by atoms with Gasteiger partial charge in [-0.1, -0.05) is 37.3 Å². The topological polar surface area (TPSA) is 51.2 Å². The number of hydrogen-bond donors (Lipinski definition) is 0. The van der Waals surface area contributed by atoms with E-state index in [9.17, 15) is 14.4 Å². The zero-order valence-corrected chi connectivity index (χ0v) is 16.0. The lowest BCUT2D eigenvalue weighted by Crippen LogP contribution is -2.54. The first-order chi connectivity index (χ1) is 11.8. The second-order valence-electron chi connectivity index (χ2n) is 8.75. The summed E-state index contributed by atoms with van der Waals surface area (Å²) in [6.07, 6.45) is 10.0. The Kier molecular flexibility index (Phi) is 3.91. The lowest BCUT2D eigenvalue weighted by atomic mass is 9.48. The number of allylic oxidation sites excluding steroid dienone is 4. The van der Waals surface area contributed by atoms with Crippen LogP contribution < -0.4 is 0 Å². The van der Waals surface area contributed by atoms with Gasteiger partial charge in [0.2, 0.25) is 0 Å². The first kappa shape index (κ1) is 17.3. The fourth-order valence-corrected chi connectivity index (χ4v) is 7.48. The van der Waals surface area contributed by atoms with Crippen molar-refractivity contribution in [1.29, 1.82) is 0 Å². The van der Waals surface area contributed by atoms with Crippen LogP contribution in [0.15, 0.2) is 23.8 Å². The van der Waals surface area contributed by atoms with Crippen molar-refractivity contribution in [3.63, 3.8) is 0 Å². The van der Waals surface area contributed by atoms with Gasteiger partial charge in [-0.2, -0.15) is 0 Å². The summed E-state index contributed by atoms with van der Waals surface area (Å²) < 4.78 is 0. The Morgan fingerprint density at radius 1 is 1.20 bits per heavy atom. The Morgan fingerprint density at radius 2 is 1.96 bits per heavy atom. The van der Waals surface area contributed by atoms with Crippen molar-refractivity contribution in [1.82, 2.24) is 0 Å². The largest absolute Gasteiger partial charge is 0.299 e. The van der Waals surface area contributed by atoms with Crippen molar-refractivity contribution in [2.75, 3.05) is 0 Å². The third-order valence-electron chi connectivity index (χ3n) is 7.58. The summed E-state index contributed by atoms with van der Waals surface area (Å²) in [6, 6.07) is 0. The smallest absolute Gasteiger partial charge is 0.186 e. The Hall–Kier alpha value is -1.16. The molecule has 0 N–H and O–H groups in total. The normalized spacial score (nSPS) is 45.5. The maximum atomic E-state index is 12.6. The van der Waals surface area contributed by atoms with E-state index in [1.165, 1.54) is 17.3 Å². The van der Waals surface area contributed by atoms with Crippen molar-refractivity contribution in [3.8, 4) is 0 Å². The van der Waals surface area contributed by atoms with E-state index in [0.717, 1.165) is 25.7 Å². The Bertz CT molecular complexity index is 721. The minimum absolute atomic E-state index is 0.0641. The summed E-state index contributed by atoms with van der Waals surface area (Å²) in [6.45, 7) is 6.05. The van der Waals surface area contributed by atoms with Crippen LogP contribution in [0.25, 0.3) is 0 Å². The summed E-state index contributed by atoms with van der Waals surface area (Å²) >= 11 is 1.44. The molecule has 0 unspecified atom stereocenters. The Balaban J connectivity index is 1.78. The quantitative estimate of drug-likeness (QED) is 0.707. The van der Waals surface area contributed by atoms with Gasteiger partial charge in [0.25, 0.3) is 0 Å². The Labute approximate surface area is 153 Å². The van der Waals surface area contributed by atoms with Gasteiger partial charge >= 0.3 is 0 Å². The third kappa shape index (κ3) is 2.43.